The monoisotopic (exact) mass is 395 g/mol. The van der Waals surface area contributed by atoms with Gasteiger partial charge in [0.05, 0.1) is 11.7 Å². The summed E-state index contributed by atoms with van der Waals surface area (Å²) in [6.45, 7) is 10.7. The number of Topliss-reactive ketones (excluding diaryl/α,β-unsaturated/α-hetero) is 1. The summed E-state index contributed by atoms with van der Waals surface area (Å²) in [6, 6.07) is 9.16. The highest BCUT2D eigenvalue weighted by Gasteiger charge is 2.68. The molecule has 3 aliphatic carbocycles. The summed E-state index contributed by atoms with van der Waals surface area (Å²) in [5.74, 6) is 0.0994. The number of primary amides is 1. The molecule has 2 N–H and O–H groups in total. The van der Waals surface area contributed by atoms with Crippen LogP contribution in [0.1, 0.15) is 56.8 Å². The highest BCUT2D eigenvalue weighted by molar-refractivity contribution is 6.49. The minimum absolute atomic E-state index is 0.0114. The average molecular weight is 395 g/mol. The maximum Gasteiger partial charge on any atom is 0.465 e. The van der Waals surface area contributed by atoms with Crippen molar-refractivity contribution in [3.8, 4) is 0 Å². The fourth-order valence-electron chi connectivity index (χ4n) is 5.78. The van der Waals surface area contributed by atoms with Crippen LogP contribution >= 0.6 is 0 Å². The largest absolute Gasteiger partial charge is 0.465 e. The highest BCUT2D eigenvalue weighted by Crippen LogP contribution is 2.66. The topological polar surface area (TPSA) is 78.6 Å². The number of benzene rings is 1. The Morgan fingerprint density at radius 2 is 1.93 bits per heavy atom. The first-order valence-electron chi connectivity index (χ1n) is 10.5. The fourth-order valence-corrected chi connectivity index (χ4v) is 5.78. The zero-order valence-electron chi connectivity index (χ0n) is 17.5. The molecule has 5 rings (SSSR count). The second kappa shape index (κ2) is 7.10. The molecule has 1 amide bonds. The quantitative estimate of drug-likeness (QED) is 0.433. The van der Waals surface area contributed by atoms with Crippen molar-refractivity contribution in [2.24, 2.45) is 23.0 Å². The van der Waals surface area contributed by atoms with Crippen molar-refractivity contribution in [3.63, 3.8) is 0 Å². The zero-order chi connectivity index (χ0) is 21.0. The van der Waals surface area contributed by atoms with Crippen molar-refractivity contribution >= 4 is 18.8 Å². The highest BCUT2D eigenvalue weighted by atomic mass is 16.7. The lowest BCUT2D eigenvalue weighted by molar-refractivity contribution is -0.199. The van der Waals surface area contributed by atoms with Crippen molar-refractivity contribution in [1.82, 2.24) is 0 Å². The van der Waals surface area contributed by atoms with E-state index < -0.39 is 18.8 Å². The van der Waals surface area contributed by atoms with Crippen molar-refractivity contribution in [2.45, 2.75) is 64.0 Å². The Bertz CT molecular complexity index is 839. The number of hydrogen-bond acceptors (Lipinski definition) is 4. The normalized spacial score (nSPS) is 32.8. The van der Waals surface area contributed by atoms with Crippen LogP contribution in [0.2, 0.25) is 5.82 Å². The van der Waals surface area contributed by atoms with E-state index in [2.05, 4.69) is 27.4 Å². The molecular formula is C23H30BNO4. The standard InChI is InChI=1S/C23H30BNO4/c1-14(21(25)27)17(10-11-18(26)15-8-6-5-7-9-15)24-28-20-13-16-12-19(22(16,2)3)23(20,4)29-24/h5-9,16-17,19-20H,1,10-13H2,2-4H3,(H2,25,27)/t16-,17+,19-,20+,23-/m0/s1. The number of ketones is 1. The van der Waals surface area contributed by atoms with Crippen LogP contribution in [0.4, 0.5) is 0 Å². The molecule has 0 unspecified atom stereocenters. The SMILES string of the molecule is C=C(C(N)=O)[C@@H](CCC(=O)c1ccccc1)B1O[C@@H]2C[C@@H]3C[C@@H](C3(C)C)[C@]2(C)O1. The minimum atomic E-state index is -0.594. The van der Waals surface area contributed by atoms with E-state index in [0.29, 0.717) is 23.8 Å². The zero-order valence-corrected chi connectivity index (χ0v) is 17.5. The molecule has 1 saturated heterocycles. The molecule has 1 aromatic rings. The maximum absolute atomic E-state index is 12.6. The van der Waals surface area contributed by atoms with E-state index in [1.165, 1.54) is 0 Å². The van der Waals surface area contributed by atoms with Crippen molar-refractivity contribution in [1.29, 1.82) is 0 Å². The summed E-state index contributed by atoms with van der Waals surface area (Å²) < 4.78 is 12.8. The predicted octanol–water partition coefficient (Wildman–Crippen LogP) is 3.79. The first-order valence-corrected chi connectivity index (χ1v) is 10.5. The van der Waals surface area contributed by atoms with E-state index in [-0.39, 0.29) is 34.9 Å². The van der Waals surface area contributed by atoms with E-state index in [4.69, 9.17) is 15.0 Å². The lowest BCUT2D eigenvalue weighted by atomic mass is 9.43. The van der Waals surface area contributed by atoms with Crippen LogP contribution < -0.4 is 5.73 Å². The predicted molar refractivity (Wildman–Crippen MR) is 112 cm³/mol. The molecule has 154 valence electrons. The van der Waals surface area contributed by atoms with Gasteiger partial charge in [0, 0.05) is 23.4 Å². The number of carbonyl (C=O) groups excluding carboxylic acids is 2. The van der Waals surface area contributed by atoms with Gasteiger partial charge in [-0.15, -0.1) is 0 Å². The van der Waals surface area contributed by atoms with Crippen LogP contribution in [0.3, 0.4) is 0 Å². The molecule has 0 aromatic heterocycles. The van der Waals surface area contributed by atoms with Gasteiger partial charge in [0.25, 0.3) is 0 Å². The van der Waals surface area contributed by atoms with Crippen LogP contribution in [0.25, 0.3) is 0 Å². The Labute approximate surface area is 173 Å². The molecule has 4 fully saturated rings. The minimum Gasteiger partial charge on any atom is -0.405 e. The van der Waals surface area contributed by atoms with Crippen LogP contribution in [-0.2, 0) is 14.1 Å². The van der Waals surface area contributed by atoms with E-state index >= 15 is 0 Å². The first kappa shape index (κ1) is 20.4. The summed E-state index contributed by atoms with van der Waals surface area (Å²) in [4.78, 5) is 24.5. The summed E-state index contributed by atoms with van der Waals surface area (Å²) in [7, 11) is -0.594. The van der Waals surface area contributed by atoms with Crippen LogP contribution in [0.15, 0.2) is 42.5 Å². The van der Waals surface area contributed by atoms with Gasteiger partial charge in [0.1, 0.15) is 0 Å². The number of rotatable bonds is 7. The van der Waals surface area contributed by atoms with Gasteiger partial charge in [0.15, 0.2) is 5.78 Å². The molecule has 29 heavy (non-hydrogen) atoms. The van der Waals surface area contributed by atoms with E-state index in [1.807, 2.05) is 18.2 Å². The van der Waals surface area contributed by atoms with Crippen LogP contribution in [0.5, 0.6) is 0 Å². The third kappa shape index (κ3) is 3.26. The third-order valence-electron chi connectivity index (χ3n) is 7.84. The van der Waals surface area contributed by atoms with Gasteiger partial charge in [-0.1, -0.05) is 50.8 Å². The van der Waals surface area contributed by atoms with Crippen molar-refractivity contribution < 1.29 is 18.9 Å². The number of amides is 1. The molecule has 0 spiro atoms. The number of nitrogens with two attached hydrogens (primary N) is 1. The number of hydrogen-bond donors (Lipinski definition) is 1. The first-order chi connectivity index (χ1) is 13.6. The Morgan fingerprint density at radius 1 is 1.24 bits per heavy atom. The molecule has 4 aliphatic rings. The van der Waals surface area contributed by atoms with Crippen molar-refractivity contribution in [3.05, 3.63) is 48.0 Å². The molecule has 3 saturated carbocycles. The summed E-state index contributed by atoms with van der Waals surface area (Å²) in [5, 5.41) is 0. The van der Waals surface area contributed by atoms with Crippen molar-refractivity contribution in [2.75, 3.05) is 0 Å². The molecule has 0 radical (unpaired) electrons. The lowest BCUT2D eigenvalue weighted by Crippen LogP contribution is -2.65. The van der Waals surface area contributed by atoms with E-state index in [0.717, 1.165) is 12.8 Å². The Hall–Kier alpha value is -1.92. The van der Waals surface area contributed by atoms with Gasteiger partial charge < -0.3 is 15.0 Å². The maximum atomic E-state index is 12.6. The van der Waals surface area contributed by atoms with Gasteiger partial charge in [-0.3, -0.25) is 9.59 Å². The lowest BCUT2D eigenvalue weighted by Gasteiger charge is -2.64. The molecule has 5 atom stereocenters. The Morgan fingerprint density at radius 3 is 2.55 bits per heavy atom. The Kier molecular flexibility index (Phi) is 4.98. The molecule has 2 bridgehead atoms. The average Bonchev–Trinajstić information content (AvgIpc) is 3.04. The van der Waals surface area contributed by atoms with Gasteiger partial charge in [-0.05, 0) is 43.4 Å². The van der Waals surface area contributed by atoms with Gasteiger partial charge in [-0.25, -0.2) is 0 Å². The summed E-state index contributed by atoms with van der Waals surface area (Å²) in [5.41, 5.74) is 6.34. The second-order valence-corrected chi connectivity index (χ2v) is 9.66. The second-order valence-electron chi connectivity index (χ2n) is 9.66. The smallest absolute Gasteiger partial charge is 0.405 e. The van der Waals surface area contributed by atoms with Crippen LogP contribution in [0, 0.1) is 17.3 Å². The van der Waals surface area contributed by atoms with E-state index in [1.54, 1.807) is 12.1 Å². The van der Waals surface area contributed by atoms with E-state index in [9.17, 15) is 9.59 Å². The number of carbonyl (C=O) groups is 2. The molecule has 1 aromatic carbocycles. The fraction of sp³-hybridized carbons (Fsp3) is 0.565. The molecule has 1 heterocycles. The van der Waals surface area contributed by atoms with Gasteiger partial charge >= 0.3 is 7.12 Å². The van der Waals surface area contributed by atoms with Gasteiger partial charge in [0.2, 0.25) is 5.91 Å². The van der Waals surface area contributed by atoms with Crippen LogP contribution in [-0.4, -0.2) is 30.5 Å². The molecule has 5 nitrogen and oxygen atoms in total. The molecule has 6 heteroatoms. The molecule has 1 aliphatic heterocycles. The van der Waals surface area contributed by atoms with Gasteiger partial charge in [-0.2, -0.15) is 0 Å². The molecular weight excluding hydrogens is 365 g/mol. The Balaban J connectivity index is 1.50. The summed E-state index contributed by atoms with van der Waals surface area (Å²) in [6.07, 6.45) is 2.83. The summed E-state index contributed by atoms with van der Waals surface area (Å²) >= 11 is 0. The third-order valence-corrected chi connectivity index (χ3v) is 7.84.